The molecule has 5 heteroatoms. The van der Waals surface area contributed by atoms with E-state index in [1.54, 1.807) is 36.5 Å². The molecule has 2 heterocycles. The third-order valence-electron chi connectivity index (χ3n) is 2.91. The first-order chi connectivity index (χ1) is 8.16. The fourth-order valence-corrected chi connectivity index (χ4v) is 1.94. The number of nitrogens with zero attached hydrogens (tertiary/aromatic N) is 2. The van der Waals surface area contributed by atoms with Crippen LogP contribution in [0.3, 0.4) is 0 Å². The Hall–Kier alpha value is -1.91. The first-order valence-corrected chi connectivity index (χ1v) is 5.59. The standard InChI is InChI=1S/C12H15N3O2/c1-15-8-9(6-11(15)16)7-14-12(17)10-2-4-13-5-3-10/h2-5,9H,6-8H2,1H3,(H,14,17). The largest absolute Gasteiger partial charge is 0.352 e. The van der Waals surface area contributed by atoms with E-state index in [1.807, 2.05) is 0 Å². The summed E-state index contributed by atoms with van der Waals surface area (Å²) < 4.78 is 0. The maximum Gasteiger partial charge on any atom is 0.251 e. The van der Waals surface area contributed by atoms with Crippen molar-refractivity contribution in [1.29, 1.82) is 0 Å². The van der Waals surface area contributed by atoms with Crippen molar-refractivity contribution in [3.63, 3.8) is 0 Å². The highest BCUT2D eigenvalue weighted by atomic mass is 16.2. The van der Waals surface area contributed by atoms with E-state index < -0.39 is 0 Å². The zero-order chi connectivity index (χ0) is 12.3. The van der Waals surface area contributed by atoms with Crippen molar-refractivity contribution in [3.05, 3.63) is 30.1 Å². The summed E-state index contributed by atoms with van der Waals surface area (Å²) in [6.45, 7) is 1.26. The Morgan fingerprint density at radius 1 is 1.53 bits per heavy atom. The van der Waals surface area contributed by atoms with Crippen LogP contribution in [0.1, 0.15) is 16.8 Å². The van der Waals surface area contributed by atoms with Crippen LogP contribution in [0, 0.1) is 5.92 Å². The molecular formula is C12H15N3O2. The number of likely N-dealkylation sites (tertiary alicyclic amines) is 1. The van der Waals surface area contributed by atoms with Crippen molar-refractivity contribution in [2.75, 3.05) is 20.1 Å². The first-order valence-electron chi connectivity index (χ1n) is 5.59. The molecule has 0 radical (unpaired) electrons. The van der Waals surface area contributed by atoms with Crippen LogP contribution in [-0.4, -0.2) is 41.8 Å². The topological polar surface area (TPSA) is 62.3 Å². The van der Waals surface area contributed by atoms with Crippen molar-refractivity contribution >= 4 is 11.8 Å². The Bertz CT molecular complexity index is 419. The maximum absolute atomic E-state index is 11.7. The average molecular weight is 233 g/mol. The summed E-state index contributed by atoms with van der Waals surface area (Å²) in [5, 5.41) is 2.84. The van der Waals surface area contributed by atoms with Crippen LogP contribution in [0.4, 0.5) is 0 Å². The number of carbonyl (C=O) groups is 2. The predicted octanol–water partition coefficient (Wildman–Crippen LogP) is 0.290. The van der Waals surface area contributed by atoms with Crippen LogP contribution >= 0.6 is 0 Å². The van der Waals surface area contributed by atoms with E-state index in [0.717, 1.165) is 6.54 Å². The van der Waals surface area contributed by atoms with Gasteiger partial charge in [0.15, 0.2) is 0 Å². The van der Waals surface area contributed by atoms with Gasteiger partial charge in [-0.15, -0.1) is 0 Å². The van der Waals surface area contributed by atoms with Crippen LogP contribution in [0.15, 0.2) is 24.5 Å². The molecular weight excluding hydrogens is 218 g/mol. The molecule has 17 heavy (non-hydrogen) atoms. The molecule has 5 nitrogen and oxygen atoms in total. The van der Waals surface area contributed by atoms with E-state index in [-0.39, 0.29) is 17.7 Å². The van der Waals surface area contributed by atoms with Gasteiger partial charge in [-0.2, -0.15) is 0 Å². The van der Waals surface area contributed by atoms with E-state index in [0.29, 0.717) is 18.5 Å². The normalized spacial score (nSPS) is 19.5. The van der Waals surface area contributed by atoms with Crippen LogP contribution in [0.25, 0.3) is 0 Å². The second kappa shape index (κ2) is 4.95. The lowest BCUT2D eigenvalue weighted by atomic mass is 10.1. The molecule has 1 aromatic heterocycles. The van der Waals surface area contributed by atoms with Crippen LogP contribution in [-0.2, 0) is 4.79 Å². The molecule has 0 aromatic carbocycles. The second-order valence-corrected chi connectivity index (χ2v) is 4.29. The maximum atomic E-state index is 11.7. The fourth-order valence-electron chi connectivity index (χ4n) is 1.94. The number of nitrogens with one attached hydrogen (secondary N) is 1. The molecule has 0 aliphatic carbocycles. The van der Waals surface area contributed by atoms with Gasteiger partial charge < -0.3 is 10.2 Å². The van der Waals surface area contributed by atoms with Crippen molar-refractivity contribution < 1.29 is 9.59 Å². The highest BCUT2D eigenvalue weighted by Gasteiger charge is 2.26. The van der Waals surface area contributed by atoms with Gasteiger partial charge in [0.25, 0.3) is 5.91 Å². The van der Waals surface area contributed by atoms with Gasteiger partial charge in [-0.05, 0) is 12.1 Å². The molecule has 0 spiro atoms. The lowest BCUT2D eigenvalue weighted by Gasteiger charge is -2.11. The Morgan fingerprint density at radius 3 is 2.82 bits per heavy atom. The van der Waals surface area contributed by atoms with Crippen molar-refractivity contribution in [2.24, 2.45) is 5.92 Å². The smallest absolute Gasteiger partial charge is 0.251 e. The highest BCUT2D eigenvalue weighted by molar-refractivity contribution is 5.94. The van der Waals surface area contributed by atoms with Gasteiger partial charge >= 0.3 is 0 Å². The van der Waals surface area contributed by atoms with E-state index in [9.17, 15) is 9.59 Å². The zero-order valence-corrected chi connectivity index (χ0v) is 9.72. The van der Waals surface area contributed by atoms with Crippen molar-refractivity contribution in [3.8, 4) is 0 Å². The zero-order valence-electron chi connectivity index (χ0n) is 9.72. The number of pyridine rings is 1. The molecule has 1 aliphatic heterocycles. The SMILES string of the molecule is CN1CC(CNC(=O)c2ccncc2)CC1=O. The van der Waals surface area contributed by atoms with E-state index in [1.165, 1.54) is 0 Å². The third kappa shape index (κ3) is 2.81. The molecule has 1 aromatic rings. The molecule has 1 fully saturated rings. The van der Waals surface area contributed by atoms with Gasteiger partial charge in [0.1, 0.15) is 0 Å². The number of rotatable bonds is 3. The predicted molar refractivity (Wildman–Crippen MR) is 62.3 cm³/mol. The Morgan fingerprint density at radius 2 is 2.24 bits per heavy atom. The summed E-state index contributed by atoms with van der Waals surface area (Å²) in [5.41, 5.74) is 0.595. The second-order valence-electron chi connectivity index (χ2n) is 4.29. The number of hydrogen-bond donors (Lipinski definition) is 1. The number of carbonyl (C=O) groups excluding carboxylic acids is 2. The fraction of sp³-hybridized carbons (Fsp3) is 0.417. The highest BCUT2D eigenvalue weighted by Crippen LogP contribution is 2.14. The lowest BCUT2D eigenvalue weighted by Crippen LogP contribution is -2.30. The summed E-state index contributed by atoms with van der Waals surface area (Å²) >= 11 is 0. The van der Waals surface area contributed by atoms with Gasteiger partial charge in [0.05, 0.1) is 0 Å². The molecule has 2 rings (SSSR count). The monoisotopic (exact) mass is 233 g/mol. The molecule has 2 amide bonds. The minimum Gasteiger partial charge on any atom is -0.352 e. The quantitative estimate of drug-likeness (QED) is 0.816. The first kappa shape index (κ1) is 11.6. The lowest BCUT2D eigenvalue weighted by molar-refractivity contribution is -0.126. The van der Waals surface area contributed by atoms with Crippen molar-refractivity contribution in [1.82, 2.24) is 15.2 Å². The van der Waals surface area contributed by atoms with E-state index >= 15 is 0 Å². The number of hydrogen-bond acceptors (Lipinski definition) is 3. The van der Waals surface area contributed by atoms with E-state index in [4.69, 9.17) is 0 Å². The van der Waals surface area contributed by atoms with Crippen molar-refractivity contribution in [2.45, 2.75) is 6.42 Å². The summed E-state index contributed by atoms with van der Waals surface area (Å²) in [7, 11) is 1.78. The minimum absolute atomic E-state index is 0.116. The number of aromatic nitrogens is 1. The molecule has 1 atom stereocenters. The molecule has 1 saturated heterocycles. The Labute approximate surface area is 99.8 Å². The summed E-state index contributed by atoms with van der Waals surface area (Å²) in [6.07, 6.45) is 3.69. The third-order valence-corrected chi connectivity index (χ3v) is 2.91. The van der Waals surface area contributed by atoms with Crippen LogP contribution in [0.2, 0.25) is 0 Å². The van der Waals surface area contributed by atoms with Crippen LogP contribution in [0.5, 0.6) is 0 Å². The van der Waals surface area contributed by atoms with Gasteiger partial charge in [-0.25, -0.2) is 0 Å². The average Bonchev–Trinajstić information content (AvgIpc) is 2.67. The summed E-state index contributed by atoms with van der Waals surface area (Å²) in [4.78, 5) is 28.6. The van der Waals surface area contributed by atoms with E-state index in [2.05, 4.69) is 10.3 Å². The van der Waals surface area contributed by atoms with Gasteiger partial charge in [-0.3, -0.25) is 14.6 Å². The molecule has 1 N–H and O–H groups in total. The van der Waals surface area contributed by atoms with Crippen LogP contribution < -0.4 is 5.32 Å². The molecule has 1 aliphatic rings. The minimum atomic E-state index is -0.116. The summed E-state index contributed by atoms with van der Waals surface area (Å²) in [6, 6.07) is 3.34. The molecule has 1 unspecified atom stereocenters. The summed E-state index contributed by atoms with van der Waals surface area (Å²) in [5.74, 6) is 0.251. The van der Waals surface area contributed by atoms with Gasteiger partial charge in [0, 0.05) is 50.4 Å². The van der Waals surface area contributed by atoms with Gasteiger partial charge in [-0.1, -0.05) is 0 Å². The number of amides is 2. The molecule has 90 valence electrons. The Kier molecular flexibility index (Phi) is 3.37. The molecule has 0 saturated carbocycles. The Balaban J connectivity index is 1.83. The van der Waals surface area contributed by atoms with Gasteiger partial charge in [0.2, 0.25) is 5.91 Å². The molecule has 0 bridgehead atoms.